The summed E-state index contributed by atoms with van der Waals surface area (Å²) in [6.45, 7) is 5.02. The Kier molecular flexibility index (Phi) is 4.02. The fraction of sp³-hybridized carbons (Fsp3) is 0.533. The van der Waals surface area contributed by atoms with Crippen molar-refractivity contribution in [2.75, 3.05) is 19.6 Å². The molecule has 0 spiro atoms. The second kappa shape index (κ2) is 5.53. The molecule has 3 nitrogen and oxygen atoms in total. The van der Waals surface area contributed by atoms with Gasteiger partial charge in [0.25, 0.3) is 0 Å². The summed E-state index contributed by atoms with van der Waals surface area (Å²) in [4.78, 5) is 14.1. The number of rotatable bonds is 3. The molecule has 1 heterocycles. The Labute approximate surface area is 108 Å². The molecule has 1 saturated heterocycles. The molecule has 18 heavy (non-hydrogen) atoms. The van der Waals surface area contributed by atoms with E-state index < -0.39 is 11.4 Å². The predicted molar refractivity (Wildman–Crippen MR) is 71.7 cm³/mol. The van der Waals surface area contributed by atoms with E-state index in [1.54, 1.807) is 0 Å². The van der Waals surface area contributed by atoms with Crippen LogP contribution in [0, 0.1) is 0 Å². The average molecular weight is 247 g/mol. The summed E-state index contributed by atoms with van der Waals surface area (Å²) < 4.78 is 0. The number of carboxylic acids is 1. The van der Waals surface area contributed by atoms with Gasteiger partial charge in [0.15, 0.2) is 0 Å². The van der Waals surface area contributed by atoms with Gasteiger partial charge in [0.05, 0.1) is 5.41 Å². The van der Waals surface area contributed by atoms with Gasteiger partial charge in [0.2, 0.25) is 0 Å². The van der Waals surface area contributed by atoms with Crippen molar-refractivity contribution in [1.29, 1.82) is 0 Å². The monoisotopic (exact) mass is 247 g/mol. The Balaban J connectivity index is 2.31. The largest absolute Gasteiger partial charge is 0.481 e. The Bertz CT molecular complexity index is 404. The minimum Gasteiger partial charge on any atom is -0.481 e. The van der Waals surface area contributed by atoms with Crippen molar-refractivity contribution in [3.05, 3.63) is 35.9 Å². The molecule has 1 aromatic rings. The second-order valence-electron chi connectivity index (χ2n) is 5.04. The molecule has 2 rings (SSSR count). The van der Waals surface area contributed by atoms with Crippen molar-refractivity contribution >= 4 is 5.97 Å². The van der Waals surface area contributed by atoms with Crippen LogP contribution in [0.5, 0.6) is 0 Å². The fourth-order valence-electron chi connectivity index (χ4n) is 2.89. The molecule has 3 heteroatoms. The average Bonchev–Trinajstić information content (AvgIpc) is 2.63. The van der Waals surface area contributed by atoms with E-state index in [1.807, 2.05) is 30.3 Å². The van der Waals surface area contributed by atoms with Gasteiger partial charge in [-0.25, -0.2) is 0 Å². The first-order valence-electron chi connectivity index (χ1n) is 6.70. The Morgan fingerprint density at radius 2 is 2.00 bits per heavy atom. The zero-order valence-corrected chi connectivity index (χ0v) is 10.9. The summed E-state index contributed by atoms with van der Waals surface area (Å²) >= 11 is 0. The van der Waals surface area contributed by atoms with E-state index in [-0.39, 0.29) is 0 Å². The van der Waals surface area contributed by atoms with Gasteiger partial charge in [0, 0.05) is 0 Å². The molecule has 1 atom stereocenters. The van der Waals surface area contributed by atoms with Crippen LogP contribution in [0.25, 0.3) is 0 Å². The molecule has 0 bridgehead atoms. The molecule has 1 aliphatic rings. The summed E-state index contributed by atoms with van der Waals surface area (Å²) in [6, 6.07) is 9.71. The molecular formula is C15H21NO2. The first-order chi connectivity index (χ1) is 8.69. The quantitative estimate of drug-likeness (QED) is 0.892. The van der Waals surface area contributed by atoms with Crippen molar-refractivity contribution in [2.24, 2.45) is 0 Å². The number of carbonyl (C=O) groups is 1. The van der Waals surface area contributed by atoms with Gasteiger partial charge in [0.1, 0.15) is 0 Å². The third-order valence-electron chi connectivity index (χ3n) is 4.12. The molecule has 1 aliphatic heterocycles. The number of hydrogen-bond donors (Lipinski definition) is 1. The van der Waals surface area contributed by atoms with Crippen molar-refractivity contribution in [3.63, 3.8) is 0 Å². The molecule has 0 amide bonds. The van der Waals surface area contributed by atoms with Crippen molar-refractivity contribution < 1.29 is 9.90 Å². The molecule has 0 radical (unpaired) electrons. The van der Waals surface area contributed by atoms with Crippen molar-refractivity contribution in [1.82, 2.24) is 4.90 Å². The highest BCUT2D eigenvalue weighted by Gasteiger charge is 2.41. The molecule has 0 aromatic heterocycles. The smallest absolute Gasteiger partial charge is 0.314 e. The lowest BCUT2D eigenvalue weighted by Crippen LogP contribution is -2.37. The van der Waals surface area contributed by atoms with E-state index in [9.17, 15) is 9.90 Å². The number of likely N-dealkylation sites (tertiary alicyclic amines) is 1. The van der Waals surface area contributed by atoms with Gasteiger partial charge < -0.3 is 10.0 Å². The standard InChI is InChI=1S/C15H21NO2/c1-2-16-11-6-9-15(10-12-16,14(17)18)13-7-4-3-5-8-13/h3-5,7-8H,2,6,9-12H2,1H3,(H,17,18). The van der Waals surface area contributed by atoms with Crippen LogP contribution in [0.1, 0.15) is 31.7 Å². The zero-order chi connectivity index (χ0) is 13.0. The van der Waals surface area contributed by atoms with Crippen LogP contribution < -0.4 is 0 Å². The van der Waals surface area contributed by atoms with Gasteiger partial charge in [-0.2, -0.15) is 0 Å². The van der Waals surface area contributed by atoms with Crippen LogP contribution in [0.3, 0.4) is 0 Å². The second-order valence-corrected chi connectivity index (χ2v) is 5.04. The van der Waals surface area contributed by atoms with E-state index >= 15 is 0 Å². The SMILES string of the molecule is CCN1CCCC(C(=O)O)(c2ccccc2)CC1. The van der Waals surface area contributed by atoms with Crippen molar-refractivity contribution in [3.8, 4) is 0 Å². The van der Waals surface area contributed by atoms with Crippen LogP contribution in [-0.2, 0) is 10.2 Å². The summed E-state index contributed by atoms with van der Waals surface area (Å²) in [5.41, 5.74) is 0.265. The number of hydrogen-bond acceptors (Lipinski definition) is 2. The first-order valence-corrected chi connectivity index (χ1v) is 6.70. The highest BCUT2D eigenvalue weighted by atomic mass is 16.4. The van der Waals surface area contributed by atoms with E-state index in [0.29, 0.717) is 6.42 Å². The number of aliphatic carboxylic acids is 1. The van der Waals surface area contributed by atoms with Crippen LogP contribution in [0.15, 0.2) is 30.3 Å². The molecule has 1 fully saturated rings. The van der Waals surface area contributed by atoms with Gasteiger partial charge >= 0.3 is 5.97 Å². The van der Waals surface area contributed by atoms with Gasteiger partial charge in [-0.15, -0.1) is 0 Å². The van der Waals surface area contributed by atoms with E-state index in [2.05, 4.69) is 11.8 Å². The molecule has 0 saturated carbocycles. The van der Waals surface area contributed by atoms with E-state index in [0.717, 1.165) is 38.0 Å². The number of benzene rings is 1. The van der Waals surface area contributed by atoms with Gasteiger partial charge in [-0.05, 0) is 44.5 Å². The lowest BCUT2D eigenvalue weighted by Gasteiger charge is -2.28. The molecule has 1 N–H and O–H groups in total. The minimum absolute atomic E-state index is 0.674. The zero-order valence-electron chi connectivity index (χ0n) is 10.9. The minimum atomic E-state index is -0.689. The molecule has 98 valence electrons. The third-order valence-corrected chi connectivity index (χ3v) is 4.12. The highest BCUT2D eigenvalue weighted by Crippen LogP contribution is 2.35. The Hall–Kier alpha value is -1.35. The van der Waals surface area contributed by atoms with E-state index in [4.69, 9.17) is 0 Å². The molecule has 0 aliphatic carbocycles. The molecule has 1 aromatic carbocycles. The predicted octanol–water partition coefficient (Wildman–Crippen LogP) is 2.51. The normalized spacial score (nSPS) is 25.6. The lowest BCUT2D eigenvalue weighted by molar-refractivity contribution is -0.144. The Morgan fingerprint density at radius 1 is 1.28 bits per heavy atom. The summed E-state index contributed by atoms with van der Waals surface area (Å²) in [7, 11) is 0. The van der Waals surface area contributed by atoms with Crippen molar-refractivity contribution in [2.45, 2.75) is 31.6 Å². The maximum absolute atomic E-state index is 11.8. The van der Waals surface area contributed by atoms with Crippen LogP contribution >= 0.6 is 0 Å². The topological polar surface area (TPSA) is 40.5 Å². The molecular weight excluding hydrogens is 226 g/mol. The van der Waals surface area contributed by atoms with Gasteiger partial charge in [-0.3, -0.25) is 4.79 Å². The summed E-state index contributed by atoms with van der Waals surface area (Å²) in [6.07, 6.45) is 2.40. The Morgan fingerprint density at radius 3 is 2.61 bits per heavy atom. The highest BCUT2D eigenvalue weighted by molar-refractivity contribution is 5.81. The fourth-order valence-corrected chi connectivity index (χ4v) is 2.89. The maximum atomic E-state index is 11.8. The van der Waals surface area contributed by atoms with Crippen LogP contribution in [-0.4, -0.2) is 35.6 Å². The molecule has 1 unspecified atom stereocenters. The van der Waals surface area contributed by atoms with Crippen LogP contribution in [0.2, 0.25) is 0 Å². The number of carboxylic acid groups (broad SMARTS) is 1. The summed E-state index contributed by atoms with van der Waals surface area (Å²) in [5.74, 6) is -0.674. The lowest BCUT2D eigenvalue weighted by atomic mass is 9.74. The van der Waals surface area contributed by atoms with E-state index in [1.165, 1.54) is 0 Å². The first kappa shape index (κ1) is 13.1. The van der Waals surface area contributed by atoms with Crippen LogP contribution in [0.4, 0.5) is 0 Å². The summed E-state index contributed by atoms with van der Waals surface area (Å²) in [5, 5.41) is 9.71. The maximum Gasteiger partial charge on any atom is 0.314 e. The third kappa shape index (κ3) is 2.41. The number of nitrogens with zero attached hydrogens (tertiary/aromatic N) is 1. The van der Waals surface area contributed by atoms with Gasteiger partial charge in [-0.1, -0.05) is 37.3 Å².